The molecule has 2 N–H and O–H groups in total. The van der Waals surface area contributed by atoms with Crippen LogP contribution in [0.1, 0.15) is 18.4 Å². The lowest BCUT2D eigenvalue weighted by Gasteiger charge is -2.19. The van der Waals surface area contributed by atoms with Crippen molar-refractivity contribution in [1.82, 2.24) is 5.32 Å². The summed E-state index contributed by atoms with van der Waals surface area (Å²) in [6, 6.07) is 14.1. The molecule has 0 radical (unpaired) electrons. The Labute approximate surface area is 134 Å². The highest BCUT2D eigenvalue weighted by atomic mass is 19.1. The zero-order valence-corrected chi connectivity index (χ0v) is 12.9. The highest BCUT2D eigenvalue weighted by Crippen LogP contribution is 2.35. The van der Waals surface area contributed by atoms with E-state index in [0.717, 1.165) is 11.3 Å². The van der Waals surface area contributed by atoms with E-state index in [1.54, 1.807) is 12.1 Å². The van der Waals surface area contributed by atoms with Gasteiger partial charge in [-0.15, -0.1) is 0 Å². The number of benzene rings is 2. The van der Waals surface area contributed by atoms with E-state index in [1.807, 2.05) is 31.2 Å². The Hall–Kier alpha value is -2.40. The number of fused-ring (bicyclic) bond motifs is 1. The van der Waals surface area contributed by atoms with Gasteiger partial charge in [-0.3, -0.25) is 4.79 Å². The second-order valence-corrected chi connectivity index (χ2v) is 5.65. The Morgan fingerprint density at radius 2 is 2.00 bits per heavy atom. The van der Waals surface area contributed by atoms with Crippen LogP contribution in [0.3, 0.4) is 0 Å². The van der Waals surface area contributed by atoms with E-state index >= 15 is 0 Å². The van der Waals surface area contributed by atoms with Crippen molar-refractivity contribution < 1.29 is 13.9 Å². The second-order valence-electron chi connectivity index (χ2n) is 5.65. The molecule has 2 aromatic carbocycles. The van der Waals surface area contributed by atoms with Crippen LogP contribution in [-0.2, 0) is 4.79 Å². The summed E-state index contributed by atoms with van der Waals surface area (Å²) < 4.78 is 19.2. The fourth-order valence-electron chi connectivity index (χ4n) is 2.75. The number of rotatable bonds is 5. The topological polar surface area (TPSA) is 50.4 Å². The predicted molar refractivity (Wildman–Crippen MR) is 87.2 cm³/mol. The van der Waals surface area contributed by atoms with Crippen molar-refractivity contribution in [3.05, 3.63) is 59.9 Å². The minimum atomic E-state index is -0.438. The van der Waals surface area contributed by atoms with Crippen LogP contribution in [-0.4, -0.2) is 25.1 Å². The molecule has 2 atom stereocenters. The lowest BCUT2D eigenvalue weighted by atomic mass is 9.94. The molecule has 0 spiro atoms. The number of carbonyl (C=O) groups excluding carboxylic acids is 1. The molecule has 0 unspecified atom stereocenters. The normalized spacial score (nSPS) is 17.2. The fourth-order valence-corrected chi connectivity index (χ4v) is 2.75. The smallest absolute Gasteiger partial charge is 0.238 e. The summed E-state index contributed by atoms with van der Waals surface area (Å²) >= 11 is 0. The largest absolute Gasteiger partial charge is 0.493 e. The van der Waals surface area contributed by atoms with Gasteiger partial charge >= 0.3 is 0 Å². The monoisotopic (exact) mass is 314 g/mol. The van der Waals surface area contributed by atoms with Gasteiger partial charge in [0.25, 0.3) is 0 Å². The average Bonchev–Trinajstić information content (AvgIpc) is 2.99. The van der Waals surface area contributed by atoms with Gasteiger partial charge in [0.1, 0.15) is 11.6 Å². The molecule has 1 heterocycles. The van der Waals surface area contributed by atoms with Gasteiger partial charge in [0.15, 0.2) is 0 Å². The van der Waals surface area contributed by atoms with Gasteiger partial charge in [0.05, 0.1) is 18.8 Å². The van der Waals surface area contributed by atoms with Gasteiger partial charge in [-0.2, -0.15) is 0 Å². The molecule has 0 aliphatic carbocycles. The van der Waals surface area contributed by atoms with Crippen LogP contribution in [0.25, 0.3) is 0 Å². The molecule has 0 bridgehead atoms. The number of amides is 1. The number of nitrogens with one attached hydrogen (secondary N) is 2. The molecular weight excluding hydrogens is 295 g/mol. The van der Waals surface area contributed by atoms with Gasteiger partial charge in [0, 0.05) is 17.5 Å². The fraction of sp³-hybridized carbons (Fsp3) is 0.278. The lowest BCUT2D eigenvalue weighted by Crippen LogP contribution is -2.38. The van der Waals surface area contributed by atoms with Gasteiger partial charge in [-0.25, -0.2) is 4.39 Å². The van der Waals surface area contributed by atoms with Gasteiger partial charge in [-0.1, -0.05) is 30.3 Å². The molecule has 23 heavy (non-hydrogen) atoms. The molecule has 0 fully saturated rings. The van der Waals surface area contributed by atoms with E-state index in [0.29, 0.717) is 6.61 Å². The van der Waals surface area contributed by atoms with Crippen LogP contribution in [0.2, 0.25) is 0 Å². The van der Waals surface area contributed by atoms with E-state index in [2.05, 4.69) is 10.6 Å². The van der Waals surface area contributed by atoms with Crippen molar-refractivity contribution in [2.75, 3.05) is 18.5 Å². The Balaban J connectivity index is 1.54. The minimum absolute atomic E-state index is 0.0741. The third-order valence-corrected chi connectivity index (χ3v) is 4.07. The lowest BCUT2D eigenvalue weighted by molar-refractivity contribution is -0.115. The molecule has 120 valence electrons. The van der Waals surface area contributed by atoms with E-state index in [4.69, 9.17) is 4.74 Å². The molecule has 0 saturated heterocycles. The van der Waals surface area contributed by atoms with Crippen molar-refractivity contribution in [2.45, 2.75) is 18.9 Å². The van der Waals surface area contributed by atoms with E-state index < -0.39 is 5.82 Å². The minimum Gasteiger partial charge on any atom is -0.493 e. The maximum absolute atomic E-state index is 13.5. The Kier molecular flexibility index (Phi) is 4.57. The summed E-state index contributed by atoms with van der Waals surface area (Å²) in [6.45, 7) is 2.74. The summed E-state index contributed by atoms with van der Waals surface area (Å²) in [4.78, 5) is 12.0. The zero-order chi connectivity index (χ0) is 16.2. The first-order chi connectivity index (χ1) is 11.1. The van der Waals surface area contributed by atoms with Crippen LogP contribution < -0.4 is 15.4 Å². The number of para-hydroxylation sites is 2. The van der Waals surface area contributed by atoms with E-state index in [-0.39, 0.29) is 30.1 Å². The van der Waals surface area contributed by atoms with Crippen molar-refractivity contribution in [3.8, 4) is 5.75 Å². The highest BCUT2D eigenvalue weighted by molar-refractivity contribution is 5.92. The summed E-state index contributed by atoms with van der Waals surface area (Å²) in [5.74, 6) is 0.399. The van der Waals surface area contributed by atoms with Crippen LogP contribution >= 0.6 is 0 Å². The van der Waals surface area contributed by atoms with Crippen LogP contribution in [0, 0.1) is 5.82 Å². The quantitative estimate of drug-likeness (QED) is 0.892. The molecule has 0 saturated carbocycles. The summed E-state index contributed by atoms with van der Waals surface area (Å²) in [5.41, 5.74) is 1.35. The van der Waals surface area contributed by atoms with Gasteiger partial charge < -0.3 is 15.4 Å². The molecular formula is C18H19FN2O2. The predicted octanol–water partition coefficient (Wildman–Crippen LogP) is 2.92. The SMILES string of the molecule is C[C@@H](NCC(=O)Nc1ccccc1F)[C@H]1COc2ccccc21. The van der Waals surface area contributed by atoms with Crippen molar-refractivity contribution in [3.63, 3.8) is 0 Å². The standard InChI is InChI=1S/C18H19FN2O2/c1-12(14-11-23-17-9-5-2-6-13(14)17)20-10-18(22)21-16-8-4-3-7-15(16)19/h2-9,12,14,20H,10-11H2,1H3,(H,21,22)/t12-,14-/m1/s1. The highest BCUT2D eigenvalue weighted by Gasteiger charge is 2.28. The van der Waals surface area contributed by atoms with Crippen LogP contribution in [0.4, 0.5) is 10.1 Å². The maximum Gasteiger partial charge on any atom is 0.238 e. The Bertz CT molecular complexity index is 705. The Morgan fingerprint density at radius 1 is 1.26 bits per heavy atom. The maximum atomic E-state index is 13.5. The first-order valence-electron chi connectivity index (χ1n) is 7.64. The van der Waals surface area contributed by atoms with Crippen LogP contribution in [0.5, 0.6) is 5.75 Å². The summed E-state index contributed by atoms with van der Waals surface area (Å²) in [5, 5.41) is 5.76. The Morgan fingerprint density at radius 3 is 2.83 bits per heavy atom. The number of halogens is 1. The molecule has 5 heteroatoms. The number of carbonyl (C=O) groups is 1. The molecule has 1 aliphatic rings. The molecule has 0 aromatic heterocycles. The van der Waals surface area contributed by atoms with Gasteiger partial charge in [0.2, 0.25) is 5.91 Å². The number of hydrogen-bond donors (Lipinski definition) is 2. The third-order valence-electron chi connectivity index (χ3n) is 4.07. The van der Waals surface area contributed by atoms with Crippen LogP contribution in [0.15, 0.2) is 48.5 Å². The molecule has 4 nitrogen and oxygen atoms in total. The number of hydrogen-bond acceptors (Lipinski definition) is 3. The first kappa shape index (κ1) is 15.5. The first-order valence-corrected chi connectivity index (χ1v) is 7.64. The molecule has 1 amide bonds. The number of ether oxygens (including phenoxy) is 1. The van der Waals surface area contributed by atoms with Crippen molar-refractivity contribution in [1.29, 1.82) is 0 Å². The average molecular weight is 314 g/mol. The zero-order valence-electron chi connectivity index (χ0n) is 12.9. The molecule has 2 aromatic rings. The molecule has 3 rings (SSSR count). The molecule has 1 aliphatic heterocycles. The number of anilines is 1. The van der Waals surface area contributed by atoms with Gasteiger partial charge in [-0.05, 0) is 25.1 Å². The summed E-state index contributed by atoms with van der Waals surface area (Å²) in [6.07, 6.45) is 0. The van der Waals surface area contributed by atoms with E-state index in [9.17, 15) is 9.18 Å². The van der Waals surface area contributed by atoms with E-state index in [1.165, 1.54) is 12.1 Å². The second kappa shape index (κ2) is 6.79. The van der Waals surface area contributed by atoms with Crippen molar-refractivity contribution >= 4 is 11.6 Å². The third kappa shape index (κ3) is 3.51. The summed E-state index contributed by atoms with van der Waals surface area (Å²) in [7, 11) is 0. The van der Waals surface area contributed by atoms with Crippen molar-refractivity contribution in [2.24, 2.45) is 0 Å².